The fourth-order valence-corrected chi connectivity index (χ4v) is 1.15. The molecule has 1 nitrogen and oxygen atoms in total. The fraction of sp³-hybridized carbons (Fsp3) is 1.00. The molecule has 0 saturated heterocycles. The third kappa shape index (κ3) is 4.00. The minimum Gasteiger partial charge on any atom is -0.390 e. The Morgan fingerprint density at radius 2 is 1.33 bits per heavy atom. The molecular formula is C9H18F2O. The summed E-state index contributed by atoms with van der Waals surface area (Å²) in [5.74, 6) is -2.53. The molecule has 0 bridgehead atoms. The number of aliphatic hydroxyl groups is 1. The Labute approximate surface area is 72.8 Å². The van der Waals surface area contributed by atoms with Gasteiger partial charge in [0.1, 0.15) is 0 Å². The predicted octanol–water partition coefficient (Wildman–Crippen LogP) is 2.97. The first-order valence-corrected chi connectivity index (χ1v) is 4.52. The molecule has 3 heteroatoms. The van der Waals surface area contributed by atoms with Gasteiger partial charge in [-0.15, -0.1) is 0 Å². The summed E-state index contributed by atoms with van der Waals surface area (Å²) < 4.78 is 24.9. The van der Waals surface area contributed by atoms with Gasteiger partial charge in [-0.1, -0.05) is 13.8 Å². The van der Waals surface area contributed by atoms with E-state index in [1.54, 1.807) is 6.92 Å². The van der Waals surface area contributed by atoms with E-state index in [9.17, 15) is 13.9 Å². The van der Waals surface area contributed by atoms with Gasteiger partial charge in [0.15, 0.2) is 0 Å². The van der Waals surface area contributed by atoms with E-state index < -0.39 is 11.5 Å². The minimum atomic E-state index is -2.53. The van der Waals surface area contributed by atoms with Crippen LogP contribution in [0.15, 0.2) is 0 Å². The van der Waals surface area contributed by atoms with Crippen molar-refractivity contribution in [1.29, 1.82) is 0 Å². The van der Waals surface area contributed by atoms with Crippen molar-refractivity contribution in [2.45, 2.75) is 58.0 Å². The summed E-state index contributed by atoms with van der Waals surface area (Å²) in [4.78, 5) is 0. The average molecular weight is 180 g/mol. The van der Waals surface area contributed by atoms with Gasteiger partial charge in [-0.3, -0.25) is 0 Å². The SMILES string of the molecule is CC.CC1(O)CCC(F)(F)CC1. The maximum absolute atomic E-state index is 12.4. The van der Waals surface area contributed by atoms with Crippen LogP contribution in [0, 0.1) is 0 Å². The Morgan fingerprint density at radius 1 is 1.00 bits per heavy atom. The monoisotopic (exact) mass is 180 g/mol. The van der Waals surface area contributed by atoms with Gasteiger partial charge in [0.05, 0.1) is 5.60 Å². The van der Waals surface area contributed by atoms with Gasteiger partial charge in [0.25, 0.3) is 0 Å². The van der Waals surface area contributed by atoms with Crippen molar-refractivity contribution < 1.29 is 13.9 Å². The number of halogens is 2. The summed E-state index contributed by atoms with van der Waals surface area (Å²) in [7, 11) is 0. The predicted molar refractivity (Wildman–Crippen MR) is 45.4 cm³/mol. The summed E-state index contributed by atoms with van der Waals surface area (Å²) >= 11 is 0. The van der Waals surface area contributed by atoms with E-state index in [2.05, 4.69) is 0 Å². The van der Waals surface area contributed by atoms with Gasteiger partial charge in [-0.25, -0.2) is 8.78 Å². The molecule has 0 aromatic heterocycles. The van der Waals surface area contributed by atoms with Crippen LogP contribution in [0.4, 0.5) is 8.78 Å². The van der Waals surface area contributed by atoms with Crippen LogP contribution in [0.2, 0.25) is 0 Å². The van der Waals surface area contributed by atoms with Gasteiger partial charge < -0.3 is 5.11 Å². The quantitative estimate of drug-likeness (QED) is 0.607. The molecule has 0 heterocycles. The molecule has 0 radical (unpaired) electrons. The van der Waals surface area contributed by atoms with Crippen molar-refractivity contribution in [1.82, 2.24) is 0 Å². The number of rotatable bonds is 0. The Balaban J connectivity index is 0.000000561. The second-order valence-corrected chi connectivity index (χ2v) is 3.35. The molecule has 1 fully saturated rings. The summed E-state index contributed by atoms with van der Waals surface area (Å²) in [5.41, 5.74) is -0.846. The molecule has 74 valence electrons. The minimum absolute atomic E-state index is 0.167. The van der Waals surface area contributed by atoms with Crippen molar-refractivity contribution in [2.24, 2.45) is 0 Å². The largest absolute Gasteiger partial charge is 0.390 e. The molecule has 1 aliphatic carbocycles. The highest BCUT2D eigenvalue weighted by atomic mass is 19.3. The zero-order valence-electron chi connectivity index (χ0n) is 8.03. The third-order valence-electron chi connectivity index (χ3n) is 2.06. The summed E-state index contributed by atoms with van der Waals surface area (Å²) in [6.07, 6.45) is 0.111. The topological polar surface area (TPSA) is 20.2 Å². The lowest BCUT2D eigenvalue weighted by Gasteiger charge is -2.32. The second kappa shape index (κ2) is 4.17. The Bertz CT molecular complexity index is 104. The number of hydrogen-bond acceptors (Lipinski definition) is 1. The van der Waals surface area contributed by atoms with Crippen LogP contribution >= 0.6 is 0 Å². The summed E-state index contributed by atoms with van der Waals surface area (Å²) in [6.45, 7) is 5.61. The molecule has 0 spiro atoms. The molecular weight excluding hydrogens is 162 g/mol. The van der Waals surface area contributed by atoms with Crippen molar-refractivity contribution in [3.8, 4) is 0 Å². The van der Waals surface area contributed by atoms with Gasteiger partial charge in [0.2, 0.25) is 5.92 Å². The standard InChI is InChI=1S/C7H12F2O.C2H6/c1-6(10)2-4-7(8,9)5-3-6;1-2/h10H,2-5H2,1H3;1-2H3. The highest BCUT2D eigenvalue weighted by Gasteiger charge is 2.39. The first kappa shape index (κ1) is 11.8. The third-order valence-corrected chi connectivity index (χ3v) is 2.06. The Hall–Kier alpha value is -0.180. The van der Waals surface area contributed by atoms with Gasteiger partial charge in [-0.2, -0.15) is 0 Å². The lowest BCUT2D eigenvalue weighted by atomic mass is 9.84. The van der Waals surface area contributed by atoms with E-state index in [1.807, 2.05) is 13.8 Å². The van der Waals surface area contributed by atoms with Crippen LogP contribution < -0.4 is 0 Å². The Morgan fingerprint density at radius 3 is 1.58 bits per heavy atom. The zero-order chi connectivity index (χ0) is 9.83. The van der Waals surface area contributed by atoms with Crippen molar-refractivity contribution >= 4 is 0 Å². The average Bonchev–Trinajstić information content (AvgIpc) is 2.01. The van der Waals surface area contributed by atoms with E-state index in [1.165, 1.54) is 0 Å². The number of hydrogen-bond donors (Lipinski definition) is 1. The molecule has 1 rings (SSSR count). The molecule has 1 saturated carbocycles. The lowest BCUT2D eigenvalue weighted by molar-refractivity contribution is -0.0959. The van der Waals surface area contributed by atoms with Gasteiger partial charge >= 0.3 is 0 Å². The zero-order valence-corrected chi connectivity index (χ0v) is 8.03. The number of alkyl halides is 2. The van der Waals surface area contributed by atoms with E-state index in [0.29, 0.717) is 0 Å². The highest BCUT2D eigenvalue weighted by molar-refractivity contribution is 4.84. The first-order chi connectivity index (χ1) is 5.41. The van der Waals surface area contributed by atoms with E-state index in [4.69, 9.17) is 0 Å². The first-order valence-electron chi connectivity index (χ1n) is 4.52. The normalized spacial score (nSPS) is 25.5. The van der Waals surface area contributed by atoms with Crippen LogP contribution in [0.5, 0.6) is 0 Å². The van der Waals surface area contributed by atoms with Crippen molar-refractivity contribution in [3.63, 3.8) is 0 Å². The Kier molecular flexibility index (Phi) is 4.11. The molecule has 0 amide bonds. The van der Waals surface area contributed by atoms with Gasteiger partial charge in [-0.05, 0) is 19.8 Å². The molecule has 12 heavy (non-hydrogen) atoms. The van der Waals surface area contributed by atoms with Crippen molar-refractivity contribution in [2.75, 3.05) is 0 Å². The molecule has 0 aromatic carbocycles. The molecule has 0 unspecified atom stereocenters. The molecule has 0 aromatic rings. The second-order valence-electron chi connectivity index (χ2n) is 3.35. The summed E-state index contributed by atoms with van der Waals surface area (Å²) in [6, 6.07) is 0. The van der Waals surface area contributed by atoms with Crippen LogP contribution in [0.3, 0.4) is 0 Å². The van der Waals surface area contributed by atoms with Crippen LogP contribution in [-0.2, 0) is 0 Å². The summed E-state index contributed by atoms with van der Waals surface area (Å²) in [5, 5.41) is 9.27. The molecule has 0 atom stereocenters. The molecule has 1 N–H and O–H groups in total. The maximum Gasteiger partial charge on any atom is 0.248 e. The van der Waals surface area contributed by atoms with Crippen molar-refractivity contribution in [3.05, 3.63) is 0 Å². The molecule has 1 aliphatic rings. The maximum atomic E-state index is 12.4. The van der Waals surface area contributed by atoms with Crippen LogP contribution in [0.25, 0.3) is 0 Å². The lowest BCUT2D eigenvalue weighted by Crippen LogP contribution is -2.35. The van der Waals surface area contributed by atoms with E-state index >= 15 is 0 Å². The molecule has 0 aliphatic heterocycles. The van der Waals surface area contributed by atoms with Crippen LogP contribution in [0.1, 0.15) is 46.5 Å². The van der Waals surface area contributed by atoms with E-state index in [0.717, 1.165) is 0 Å². The highest BCUT2D eigenvalue weighted by Crippen LogP contribution is 2.37. The smallest absolute Gasteiger partial charge is 0.248 e. The van der Waals surface area contributed by atoms with E-state index in [-0.39, 0.29) is 25.7 Å². The van der Waals surface area contributed by atoms with Gasteiger partial charge in [0, 0.05) is 12.8 Å². The fourth-order valence-electron chi connectivity index (χ4n) is 1.15. The van der Waals surface area contributed by atoms with Crippen LogP contribution in [-0.4, -0.2) is 16.6 Å².